The van der Waals surface area contributed by atoms with Crippen LogP contribution in [0.3, 0.4) is 0 Å². The number of carbonyl (C=O) groups is 1. The Balaban J connectivity index is 1.88. The molecule has 1 fully saturated rings. The van der Waals surface area contributed by atoms with E-state index in [2.05, 4.69) is 10.3 Å². The summed E-state index contributed by atoms with van der Waals surface area (Å²) in [4.78, 5) is 17.6. The molecular weight excluding hydrogens is 457 g/mol. The number of halogens is 2. The van der Waals surface area contributed by atoms with Gasteiger partial charge in [-0.1, -0.05) is 42.3 Å². The Bertz CT molecular complexity index is 1000. The zero-order valence-electron chi connectivity index (χ0n) is 17.6. The van der Waals surface area contributed by atoms with E-state index < -0.39 is 15.4 Å². The number of nitrogens with zero attached hydrogens (tertiary/aromatic N) is 2. The number of nitrogens with one attached hydrogen (secondary N) is 1. The summed E-state index contributed by atoms with van der Waals surface area (Å²) in [7, 11) is -3.28. The zero-order chi connectivity index (χ0) is 22.6. The average molecular weight is 484 g/mol. The molecule has 6 nitrogen and oxygen atoms in total. The van der Waals surface area contributed by atoms with E-state index in [-0.39, 0.29) is 33.3 Å². The number of aromatic nitrogens is 1. The molecule has 3 rings (SSSR count). The van der Waals surface area contributed by atoms with Crippen molar-refractivity contribution in [3.63, 3.8) is 0 Å². The van der Waals surface area contributed by atoms with Crippen LogP contribution in [0, 0.1) is 0 Å². The topological polar surface area (TPSA) is 79.4 Å². The van der Waals surface area contributed by atoms with Crippen LogP contribution in [0.15, 0.2) is 42.6 Å². The monoisotopic (exact) mass is 483 g/mol. The lowest BCUT2D eigenvalue weighted by Gasteiger charge is -2.45. The second-order valence-electron chi connectivity index (χ2n) is 7.88. The molecule has 1 unspecified atom stereocenters. The first-order valence-corrected chi connectivity index (χ1v) is 12.7. The fourth-order valence-corrected chi connectivity index (χ4v) is 6.32. The molecule has 2 aromatic rings. The predicted octanol–water partition coefficient (Wildman–Crippen LogP) is 4.28. The van der Waals surface area contributed by atoms with Gasteiger partial charge in [-0.25, -0.2) is 12.7 Å². The Kier molecular flexibility index (Phi) is 7.63. The molecule has 0 spiro atoms. The van der Waals surface area contributed by atoms with Gasteiger partial charge >= 0.3 is 0 Å². The lowest BCUT2D eigenvalue weighted by molar-refractivity contribution is 0.0893. The summed E-state index contributed by atoms with van der Waals surface area (Å²) >= 11 is 12.4. The van der Waals surface area contributed by atoms with Gasteiger partial charge in [0, 0.05) is 36.4 Å². The summed E-state index contributed by atoms with van der Waals surface area (Å²) in [5, 5.41) is 3.61. The molecule has 1 aliphatic rings. The van der Waals surface area contributed by atoms with E-state index in [1.165, 1.54) is 0 Å². The molecule has 1 saturated heterocycles. The van der Waals surface area contributed by atoms with E-state index in [0.717, 1.165) is 5.69 Å². The van der Waals surface area contributed by atoms with Gasteiger partial charge in [0.25, 0.3) is 5.91 Å². The van der Waals surface area contributed by atoms with Crippen LogP contribution in [0.2, 0.25) is 10.0 Å². The molecular formula is C22H27Cl2N3O3S. The predicted molar refractivity (Wildman–Crippen MR) is 124 cm³/mol. The molecule has 0 bridgehead atoms. The zero-order valence-corrected chi connectivity index (χ0v) is 20.0. The molecule has 1 aromatic heterocycles. The van der Waals surface area contributed by atoms with E-state index in [4.69, 9.17) is 23.2 Å². The van der Waals surface area contributed by atoms with Crippen LogP contribution < -0.4 is 5.32 Å². The summed E-state index contributed by atoms with van der Waals surface area (Å²) in [6.07, 6.45) is 3.39. The van der Waals surface area contributed by atoms with Crippen molar-refractivity contribution in [1.82, 2.24) is 14.6 Å². The minimum Gasteiger partial charge on any atom is -0.349 e. The minimum absolute atomic E-state index is 0.140. The fourth-order valence-electron chi connectivity index (χ4n) is 4.24. The van der Waals surface area contributed by atoms with Crippen LogP contribution in [-0.4, -0.2) is 48.5 Å². The maximum absolute atomic E-state index is 13.0. The first-order valence-electron chi connectivity index (χ1n) is 10.4. The van der Waals surface area contributed by atoms with Gasteiger partial charge in [-0.05, 0) is 50.5 Å². The van der Waals surface area contributed by atoms with Gasteiger partial charge in [0.2, 0.25) is 10.0 Å². The third kappa shape index (κ3) is 5.06. The van der Waals surface area contributed by atoms with Gasteiger partial charge in [0.05, 0.1) is 21.4 Å². The summed E-state index contributed by atoms with van der Waals surface area (Å²) in [6.45, 7) is 4.54. The smallest absolute Gasteiger partial charge is 0.254 e. The molecule has 0 aliphatic carbocycles. The number of benzene rings is 1. The van der Waals surface area contributed by atoms with Crippen molar-refractivity contribution in [2.45, 2.75) is 44.6 Å². The molecule has 1 atom stereocenters. The molecule has 1 aromatic carbocycles. The molecule has 1 aliphatic heterocycles. The van der Waals surface area contributed by atoms with Crippen LogP contribution >= 0.6 is 23.2 Å². The highest BCUT2D eigenvalue weighted by Gasteiger charge is 2.44. The molecule has 1 amide bonds. The third-order valence-electron chi connectivity index (χ3n) is 6.01. The largest absolute Gasteiger partial charge is 0.349 e. The van der Waals surface area contributed by atoms with Crippen LogP contribution in [0.1, 0.15) is 49.2 Å². The van der Waals surface area contributed by atoms with Gasteiger partial charge < -0.3 is 5.32 Å². The number of amides is 1. The Labute approximate surface area is 194 Å². The molecule has 0 radical (unpaired) electrons. The second kappa shape index (κ2) is 9.86. The standard InChI is InChI=1S/C22H27Cl2N3O3S/c1-3-15-31(29,30)27-13-10-22(11-14-27,19-9-4-5-12-25-19)16(2)26-21(28)20-17(23)7-6-8-18(20)24/h4-9,12,16H,3,10-11,13-15H2,1-2H3,(H,26,28). The lowest BCUT2D eigenvalue weighted by atomic mass is 9.70. The number of carbonyl (C=O) groups excluding carboxylic acids is 1. The minimum atomic E-state index is -3.28. The summed E-state index contributed by atoms with van der Waals surface area (Å²) < 4.78 is 26.7. The Hall–Kier alpha value is -1.67. The highest BCUT2D eigenvalue weighted by molar-refractivity contribution is 7.89. The highest BCUT2D eigenvalue weighted by atomic mass is 35.5. The summed E-state index contributed by atoms with van der Waals surface area (Å²) in [5.74, 6) is -0.222. The molecule has 1 N–H and O–H groups in total. The van der Waals surface area contributed by atoms with E-state index in [1.54, 1.807) is 28.7 Å². The number of hydrogen-bond acceptors (Lipinski definition) is 4. The van der Waals surface area contributed by atoms with Crippen LogP contribution in [0.5, 0.6) is 0 Å². The third-order valence-corrected chi connectivity index (χ3v) is 8.72. The summed E-state index contributed by atoms with van der Waals surface area (Å²) in [6, 6.07) is 10.3. The quantitative estimate of drug-likeness (QED) is 0.636. The van der Waals surface area contributed by atoms with Crippen LogP contribution in [0.25, 0.3) is 0 Å². The van der Waals surface area contributed by atoms with Crippen molar-refractivity contribution < 1.29 is 13.2 Å². The molecule has 168 valence electrons. The van der Waals surface area contributed by atoms with Crippen molar-refractivity contribution in [3.05, 3.63) is 63.9 Å². The van der Waals surface area contributed by atoms with Crippen molar-refractivity contribution in [3.8, 4) is 0 Å². The number of pyridine rings is 1. The summed E-state index contributed by atoms with van der Waals surface area (Å²) in [5.41, 5.74) is 0.556. The van der Waals surface area contributed by atoms with Gasteiger partial charge in [-0.15, -0.1) is 0 Å². The Morgan fingerprint density at radius 2 is 1.81 bits per heavy atom. The second-order valence-corrected chi connectivity index (χ2v) is 10.8. The Morgan fingerprint density at radius 3 is 2.35 bits per heavy atom. The van der Waals surface area contributed by atoms with Gasteiger partial charge in [0.15, 0.2) is 0 Å². The van der Waals surface area contributed by atoms with E-state index >= 15 is 0 Å². The first-order chi connectivity index (χ1) is 14.7. The lowest BCUT2D eigenvalue weighted by Crippen LogP contribution is -2.55. The van der Waals surface area contributed by atoms with Crippen molar-refractivity contribution >= 4 is 39.1 Å². The van der Waals surface area contributed by atoms with E-state index in [9.17, 15) is 13.2 Å². The number of piperidine rings is 1. The van der Waals surface area contributed by atoms with Gasteiger partial charge in [0.1, 0.15) is 0 Å². The molecule has 0 saturated carbocycles. The maximum atomic E-state index is 13.0. The SMILES string of the molecule is CCCS(=O)(=O)N1CCC(c2ccccn2)(C(C)NC(=O)c2c(Cl)cccc2Cl)CC1. The van der Waals surface area contributed by atoms with Crippen molar-refractivity contribution in [1.29, 1.82) is 0 Å². The van der Waals surface area contributed by atoms with Gasteiger partial charge in [-0.3, -0.25) is 9.78 Å². The molecule has 2 heterocycles. The average Bonchev–Trinajstić information content (AvgIpc) is 2.74. The van der Waals surface area contributed by atoms with E-state index in [1.807, 2.05) is 32.0 Å². The van der Waals surface area contributed by atoms with Gasteiger partial charge in [-0.2, -0.15) is 0 Å². The fraction of sp³-hybridized carbons (Fsp3) is 0.455. The van der Waals surface area contributed by atoms with Crippen LogP contribution in [-0.2, 0) is 15.4 Å². The molecule has 9 heteroatoms. The van der Waals surface area contributed by atoms with Crippen molar-refractivity contribution in [2.24, 2.45) is 0 Å². The molecule has 31 heavy (non-hydrogen) atoms. The normalized spacial score (nSPS) is 17.8. The Morgan fingerprint density at radius 1 is 1.16 bits per heavy atom. The van der Waals surface area contributed by atoms with Crippen LogP contribution in [0.4, 0.5) is 0 Å². The van der Waals surface area contributed by atoms with Crippen molar-refractivity contribution in [2.75, 3.05) is 18.8 Å². The number of hydrogen-bond donors (Lipinski definition) is 1. The number of rotatable bonds is 7. The maximum Gasteiger partial charge on any atom is 0.254 e. The highest BCUT2D eigenvalue weighted by Crippen LogP contribution is 2.39. The van der Waals surface area contributed by atoms with E-state index in [0.29, 0.717) is 32.4 Å². The number of sulfonamides is 1. The first kappa shape index (κ1) is 24.0.